The lowest BCUT2D eigenvalue weighted by atomic mass is 9.92. The molecule has 0 spiro atoms. The standard InChI is InChI=1S/C51H35N3O/c1-32-23-26-42(52-51(53-50(32)34-14-3-2-4-15-34)38-25-24-33-13-5-6-16-35(33)29-38)49-44(27-28-47-48(49)40-20-10-12-22-46(40)55-47)54-43-21-11-9-19-39(43)41-30-36-17-7-8-18-37(36)31-45(41)54/h2-22,24-32H,23H2,1H3/b42-26+,52-51-,53-50+. The molecule has 1 unspecified atom stereocenters. The Morgan fingerprint density at radius 3 is 2.05 bits per heavy atom. The lowest BCUT2D eigenvalue weighted by Gasteiger charge is -2.20. The van der Waals surface area contributed by atoms with Gasteiger partial charge in [-0.3, -0.25) is 0 Å². The van der Waals surface area contributed by atoms with Crippen LogP contribution in [0.25, 0.3) is 76.7 Å². The first-order valence-electron chi connectivity index (χ1n) is 19.0. The number of aliphatic imine (C=N–C) groups is 2. The highest BCUT2D eigenvalue weighted by molar-refractivity contribution is 6.19. The van der Waals surface area contributed by atoms with Crippen molar-refractivity contribution in [1.29, 1.82) is 0 Å². The van der Waals surface area contributed by atoms with Gasteiger partial charge in [0.2, 0.25) is 0 Å². The van der Waals surface area contributed by atoms with Crippen LogP contribution >= 0.6 is 0 Å². The maximum Gasteiger partial charge on any atom is 0.160 e. The summed E-state index contributed by atoms with van der Waals surface area (Å²) in [6, 6.07) is 60.3. The number of rotatable bonds is 4. The number of aromatic nitrogens is 1. The molecule has 10 aromatic rings. The second kappa shape index (κ2) is 12.5. The van der Waals surface area contributed by atoms with Crippen molar-refractivity contribution in [2.45, 2.75) is 13.3 Å². The van der Waals surface area contributed by atoms with Crippen LogP contribution in [-0.4, -0.2) is 16.1 Å². The first-order valence-corrected chi connectivity index (χ1v) is 19.0. The number of hydrogen-bond donors (Lipinski definition) is 0. The van der Waals surface area contributed by atoms with Crippen molar-refractivity contribution >= 4 is 82.5 Å². The molecule has 0 amide bonds. The molecule has 4 nitrogen and oxygen atoms in total. The van der Waals surface area contributed by atoms with Gasteiger partial charge in [-0.25, -0.2) is 9.98 Å². The van der Waals surface area contributed by atoms with E-state index in [0.29, 0.717) is 5.84 Å². The molecule has 260 valence electrons. The highest BCUT2D eigenvalue weighted by Gasteiger charge is 2.25. The molecule has 0 aliphatic carbocycles. The fourth-order valence-corrected chi connectivity index (χ4v) is 8.55. The Balaban J connectivity index is 1.25. The van der Waals surface area contributed by atoms with E-state index in [1.54, 1.807) is 0 Å². The van der Waals surface area contributed by atoms with Crippen LogP contribution in [0.2, 0.25) is 0 Å². The number of allylic oxidation sites excluding steroid dienone is 1. The summed E-state index contributed by atoms with van der Waals surface area (Å²) < 4.78 is 9.02. The second-order valence-corrected chi connectivity index (χ2v) is 14.6. The summed E-state index contributed by atoms with van der Waals surface area (Å²) in [5, 5.41) is 9.31. The van der Waals surface area contributed by atoms with Crippen LogP contribution in [0.1, 0.15) is 30.0 Å². The molecule has 1 aliphatic heterocycles. The third kappa shape index (κ3) is 5.14. The molecule has 55 heavy (non-hydrogen) atoms. The smallest absolute Gasteiger partial charge is 0.160 e. The summed E-state index contributed by atoms with van der Waals surface area (Å²) in [7, 11) is 0. The fraction of sp³-hybridized carbons (Fsp3) is 0.0588. The van der Waals surface area contributed by atoms with Crippen molar-refractivity contribution in [3.05, 3.63) is 193 Å². The van der Waals surface area contributed by atoms with Gasteiger partial charge in [-0.2, -0.15) is 0 Å². The molecule has 0 fully saturated rings. The van der Waals surface area contributed by atoms with Gasteiger partial charge in [0.1, 0.15) is 11.2 Å². The van der Waals surface area contributed by atoms with Crippen molar-refractivity contribution in [1.82, 2.24) is 4.57 Å². The SMILES string of the molecule is CC1C/C=C(c2c(-n3c4ccccc4c4cc5ccccc5cc43)ccc3oc4ccccc4c23)/N=C(c2ccc3ccccc3c2)\N=C/1c1ccccc1. The number of para-hydroxylation sites is 2. The van der Waals surface area contributed by atoms with Gasteiger partial charge >= 0.3 is 0 Å². The lowest BCUT2D eigenvalue weighted by molar-refractivity contribution is 0.669. The van der Waals surface area contributed by atoms with Crippen LogP contribution in [0.4, 0.5) is 0 Å². The predicted molar refractivity (Wildman–Crippen MR) is 231 cm³/mol. The molecule has 0 saturated heterocycles. The normalized spacial score (nSPS) is 17.9. The quantitative estimate of drug-likeness (QED) is 0.180. The van der Waals surface area contributed by atoms with E-state index in [2.05, 4.69) is 181 Å². The molecule has 1 atom stereocenters. The fourth-order valence-electron chi connectivity index (χ4n) is 8.55. The minimum Gasteiger partial charge on any atom is -0.456 e. The molecular weight excluding hydrogens is 671 g/mol. The minimum atomic E-state index is 0.131. The van der Waals surface area contributed by atoms with E-state index >= 15 is 0 Å². The van der Waals surface area contributed by atoms with E-state index in [0.717, 1.165) is 78.6 Å². The summed E-state index contributed by atoms with van der Waals surface area (Å²) >= 11 is 0. The third-order valence-electron chi connectivity index (χ3n) is 11.2. The van der Waals surface area contributed by atoms with Crippen LogP contribution in [0.5, 0.6) is 0 Å². The van der Waals surface area contributed by atoms with Crippen molar-refractivity contribution in [3.63, 3.8) is 0 Å². The molecule has 3 heterocycles. The first kappa shape index (κ1) is 31.5. The average molecular weight is 706 g/mol. The van der Waals surface area contributed by atoms with Crippen LogP contribution < -0.4 is 0 Å². The average Bonchev–Trinajstić information content (AvgIpc) is 3.77. The van der Waals surface area contributed by atoms with E-state index in [-0.39, 0.29) is 5.92 Å². The molecular formula is C51H35N3O. The summed E-state index contributed by atoms with van der Waals surface area (Å²) in [5.41, 5.74) is 10.1. The summed E-state index contributed by atoms with van der Waals surface area (Å²) in [6.07, 6.45) is 3.09. The maximum absolute atomic E-state index is 6.59. The second-order valence-electron chi connectivity index (χ2n) is 14.6. The zero-order valence-corrected chi connectivity index (χ0v) is 30.3. The van der Waals surface area contributed by atoms with Gasteiger partial charge in [-0.15, -0.1) is 0 Å². The Kier molecular flexibility index (Phi) is 7.17. The van der Waals surface area contributed by atoms with Gasteiger partial charge in [-0.1, -0.05) is 140 Å². The Morgan fingerprint density at radius 1 is 0.527 bits per heavy atom. The number of furan rings is 1. The van der Waals surface area contributed by atoms with Gasteiger partial charge in [-0.05, 0) is 76.0 Å². The Labute approximate surface area is 318 Å². The van der Waals surface area contributed by atoms with Crippen molar-refractivity contribution in [2.24, 2.45) is 15.9 Å². The Hall–Kier alpha value is -7.04. The van der Waals surface area contributed by atoms with E-state index in [1.165, 1.54) is 26.9 Å². The highest BCUT2D eigenvalue weighted by atomic mass is 16.3. The van der Waals surface area contributed by atoms with Crippen LogP contribution in [0.3, 0.4) is 0 Å². The number of amidine groups is 1. The number of fused-ring (bicyclic) bond motifs is 8. The maximum atomic E-state index is 6.59. The summed E-state index contributed by atoms with van der Waals surface area (Å²) in [5.74, 6) is 0.818. The molecule has 4 heteroatoms. The predicted octanol–water partition coefficient (Wildman–Crippen LogP) is 13.3. The van der Waals surface area contributed by atoms with Crippen LogP contribution in [0, 0.1) is 5.92 Å². The van der Waals surface area contributed by atoms with Gasteiger partial charge in [0.25, 0.3) is 0 Å². The molecule has 0 bridgehead atoms. The van der Waals surface area contributed by atoms with Crippen molar-refractivity contribution in [3.8, 4) is 5.69 Å². The number of nitrogens with zero attached hydrogens (tertiary/aromatic N) is 3. The van der Waals surface area contributed by atoms with E-state index in [9.17, 15) is 0 Å². The summed E-state index contributed by atoms with van der Waals surface area (Å²) in [6.45, 7) is 2.27. The number of benzene rings is 8. The monoisotopic (exact) mass is 705 g/mol. The third-order valence-corrected chi connectivity index (χ3v) is 11.2. The minimum absolute atomic E-state index is 0.131. The van der Waals surface area contributed by atoms with Gasteiger partial charge in [0, 0.05) is 38.6 Å². The van der Waals surface area contributed by atoms with Gasteiger partial charge in [0.15, 0.2) is 5.84 Å². The molecule has 0 radical (unpaired) electrons. The highest BCUT2D eigenvalue weighted by Crippen LogP contribution is 2.43. The molecule has 0 saturated carbocycles. The summed E-state index contributed by atoms with van der Waals surface area (Å²) in [4.78, 5) is 11.1. The lowest BCUT2D eigenvalue weighted by Crippen LogP contribution is -2.17. The zero-order chi connectivity index (χ0) is 36.5. The van der Waals surface area contributed by atoms with E-state index in [4.69, 9.17) is 14.4 Å². The van der Waals surface area contributed by atoms with Gasteiger partial charge < -0.3 is 8.98 Å². The molecule has 0 N–H and O–H groups in total. The van der Waals surface area contributed by atoms with Gasteiger partial charge in [0.05, 0.1) is 28.1 Å². The number of hydrogen-bond acceptors (Lipinski definition) is 3. The molecule has 8 aromatic carbocycles. The van der Waals surface area contributed by atoms with E-state index < -0.39 is 0 Å². The van der Waals surface area contributed by atoms with Crippen molar-refractivity contribution in [2.75, 3.05) is 0 Å². The molecule has 11 rings (SSSR count). The molecule has 1 aliphatic rings. The van der Waals surface area contributed by atoms with Crippen molar-refractivity contribution < 1.29 is 4.42 Å². The topological polar surface area (TPSA) is 42.8 Å². The Bertz CT molecular complexity index is 3250. The zero-order valence-electron chi connectivity index (χ0n) is 30.3. The van der Waals surface area contributed by atoms with Crippen LogP contribution in [0.15, 0.2) is 190 Å². The Morgan fingerprint density at radius 2 is 1.22 bits per heavy atom. The largest absolute Gasteiger partial charge is 0.456 e. The first-order chi connectivity index (χ1) is 27.2. The van der Waals surface area contributed by atoms with Crippen LogP contribution in [-0.2, 0) is 0 Å². The molecule has 2 aromatic heterocycles. The van der Waals surface area contributed by atoms with E-state index in [1.807, 2.05) is 6.07 Å².